The van der Waals surface area contributed by atoms with Gasteiger partial charge in [0.05, 0.1) is 6.26 Å². The molecule has 0 aromatic heterocycles. The second kappa shape index (κ2) is 6.89. The van der Waals surface area contributed by atoms with Crippen molar-refractivity contribution in [3.63, 3.8) is 0 Å². The fourth-order valence-corrected chi connectivity index (χ4v) is 3.20. The van der Waals surface area contributed by atoms with E-state index < -0.39 is 10.0 Å². The van der Waals surface area contributed by atoms with Crippen LogP contribution in [0.3, 0.4) is 0 Å². The van der Waals surface area contributed by atoms with Crippen LogP contribution in [0, 0.1) is 0 Å². The van der Waals surface area contributed by atoms with Gasteiger partial charge < -0.3 is 0 Å². The number of anilines is 1. The van der Waals surface area contributed by atoms with Gasteiger partial charge in [-0.05, 0) is 40.8 Å². The third kappa shape index (κ3) is 4.46. The molecule has 0 radical (unpaired) electrons. The molecule has 0 atom stereocenters. The summed E-state index contributed by atoms with van der Waals surface area (Å²) >= 11 is 0. The first kappa shape index (κ1) is 16.3. The molecular formula is C20H19NO2S. The van der Waals surface area contributed by atoms with Gasteiger partial charge in [-0.1, -0.05) is 66.7 Å². The Labute approximate surface area is 143 Å². The van der Waals surface area contributed by atoms with Crippen molar-refractivity contribution in [3.8, 4) is 11.1 Å². The summed E-state index contributed by atoms with van der Waals surface area (Å²) in [5, 5.41) is 0. The number of sulfonamides is 1. The van der Waals surface area contributed by atoms with Gasteiger partial charge in [0.15, 0.2) is 0 Å². The maximum atomic E-state index is 11.3. The molecule has 0 heterocycles. The van der Waals surface area contributed by atoms with Gasteiger partial charge in [-0.3, -0.25) is 4.72 Å². The molecule has 0 bridgehead atoms. The lowest BCUT2D eigenvalue weighted by atomic mass is 10.0. The molecule has 3 aromatic carbocycles. The minimum absolute atomic E-state index is 0.593. The monoisotopic (exact) mass is 337 g/mol. The molecule has 0 aliphatic heterocycles. The Hall–Kier alpha value is -2.59. The van der Waals surface area contributed by atoms with Gasteiger partial charge in [-0.15, -0.1) is 0 Å². The first-order valence-corrected chi connectivity index (χ1v) is 9.60. The number of hydrogen-bond donors (Lipinski definition) is 1. The standard InChI is InChI=1S/C20H19NO2S/c1-24(22,23)21-20-9-5-6-17(15-20)14-16-10-12-19(13-11-16)18-7-3-2-4-8-18/h2-13,15,21H,14H2,1H3. The molecule has 4 heteroatoms. The van der Waals surface area contributed by atoms with Crippen LogP contribution in [-0.4, -0.2) is 14.7 Å². The van der Waals surface area contributed by atoms with E-state index in [4.69, 9.17) is 0 Å². The maximum absolute atomic E-state index is 11.3. The van der Waals surface area contributed by atoms with E-state index in [1.807, 2.05) is 36.4 Å². The molecule has 24 heavy (non-hydrogen) atoms. The molecule has 3 aromatic rings. The minimum atomic E-state index is -3.25. The Morgan fingerprint density at radius 3 is 2.08 bits per heavy atom. The molecule has 3 nitrogen and oxygen atoms in total. The number of nitrogens with one attached hydrogen (secondary N) is 1. The lowest BCUT2D eigenvalue weighted by Crippen LogP contribution is -2.09. The molecule has 1 N–H and O–H groups in total. The lowest BCUT2D eigenvalue weighted by molar-refractivity contribution is 0.607. The van der Waals surface area contributed by atoms with Crippen LogP contribution in [0.15, 0.2) is 78.9 Å². The van der Waals surface area contributed by atoms with Gasteiger partial charge in [0.1, 0.15) is 0 Å². The van der Waals surface area contributed by atoms with E-state index in [1.54, 1.807) is 6.07 Å². The predicted octanol–water partition coefficient (Wildman–Crippen LogP) is 4.32. The van der Waals surface area contributed by atoms with Crippen molar-refractivity contribution in [2.45, 2.75) is 6.42 Å². The summed E-state index contributed by atoms with van der Waals surface area (Å²) in [5.74, 6) is 0. The molecule has 0 aliphatic carbocycles. The zero-order chi connectivity index (χ0) is 17.0. The van der Waals surface area contributed by atoms with E-state index in [2.05, 4.69) is 41.1 Å². The zero-order valence-electron chi connectivity index (χ0n) is 13.4. The van der Waals surface area contributed by atoms with Crippen LogP contribution in [0.5, 0.6) is 0 Å². The van der Waals surface area contributed by atoms with Gasteiger partial charge in [-0.25, -0.2) is 8.42 Å². The van der Waals surface area contributed by atoms with Gasteiger partial charge in [0.2, 0.25) is 10.0 Å². The number of hydrogen-bond acceptors (Lipinski definition) is 2. The molecule has 0 spiro atoms. The summed E-state index contributed by atoms with van der Waals surface area (Å²) in [6.07, 6.45) is 1.91. The largest absolute Gasteiger partial charge is 0.284 e. The van der Waals surface area contributed by atoms with E-state index in [9.17, 15) is 8.42 Å². The second-order valence-electron chi connectivity index (χ2n) is 5.81. The van der Waals surface area contributed by atoms with Crippen molar-refractivity contribution in [1.82, 2.24) is 0 Å². The highest BCUT2D eigenvalue weighted by molar-refractivity contribution is 7.92. The van der Waals surface area contributed by atoms with Crippen molar-refractivity contribution in [2.24, 2.45) is 0 Å². The van der Waals surface area contributed by atoms with Crippen LogP contribution >= 0.6 is 0 Å². The van der Waals surface area contributed by atoms with E-state index in [0.717, 1.165) is 18.2 Å². The van der Waals surface area contributed by atoms with Crippen molar-refractivity contribution in [3.05, 3.63) is 90.0 Å². The van der Waals surface area contributed by atoms with Crippen molar-refractivity contribution in [1.29, 1.82) is 0 Å². The van der Waals surface area contributed by atoms with Crippen molar-refractivity contribution >= 4 is 15.7 Å². The molecule has 0 aliphatic rings. The Kier molecular flexibility index (Phi) is 4.67. The average Bonchev–Trinajstić information content (AvgIpc) is 2.55. The minimum Gasteiger partial charge on any atom is -0.284 e. The number of rotatable bonds is 5. The highest BCUT2D eigenvalue weighted by Gasteiger charge is 2.04. The molecule has 0 saturated heterocycles. The molecule has 0 amide bonds. The molecule has 3 rings (SSSR count). The van der Waals surface area contributed by atoms with Crippen LogP contribution in [0.2, 0.25) is 0 Å². The van der Waals surface area contributed by atoms with Crippen LogP contribution in [0.4, 0.5) is 5.69 Å². The van der Waals surface area contributed by atoms with E-state index in [1.165, 1.54) is 16.7 Å². The summed E-state index contributed by atoms with van der Waals surface area (Å²) in [6.45, 7) is 0. The van der Waals surface area contributed by atoms with Gasteiger partial charge >= 0.3 is 0 Å². The first-order chi connectivity index (χ1) is 11.5. The lowest BCUT2D eigenvalue weighted by Gasteiger charge is -2.08. The topological polar surface area (TPSA) is 46.2 Å². The second-order valence-corrected chi connectivity index (χ2v) is 7.56. The van der Waals surface area contributed by atoms with Crippen LogP contribution < -0.4 is 4.72 Å². The molecule has 122 valence electrons. The summed E-state index contributed by atoms with van der Waals surface area (Å²) in [7, 11) is -3.25. The Bertz CT molecular complexity index is 917. The maximum Gasteiger partial charge on any atom is 0.229 e. The summed E-state index contributed by atoms with van der Waals surface area (Å²) in [5.41, 5.74) is 5.23. The SMILES string of the molecule is CS(=O)(=O)Nc1cccc(Cc2ccc(-c3ccccc3)cc2)c1. The molecule has 0 fully saturated rings. The van der Waals surface area contributed by atoms with Crippen molar-refractivity contribution in [2.75, 3.05) is 11.0 Å². The van der Waals surface area contributed by atoms with E-state index >= 15 is 0 Å². The predicted molar refractivity (Wildman–Crippen MR) is 99.6 cm³/mol. The average molecular weight is 337 g/mol. The van der Waals surface area contributed by atoms with Gasteiger partial charge in [-0.2, -0.15) is 0 Å². The normalized spacial score (nSPS) is 11.2. The third-order valence-corrected chi connectivity index (χ3v) is 4.31. The third-order valence-electron chi connectivity index (χ3n) is 3.70. The summed E-state index contributed by atoms with van der Waals surface area (Å²) in [6, 6.07) is 26.2. The van der Waals surface area contributed by atoms with Gasteiger partial charge in [0, 0.05) is 5.69 Å². The van der Waals surface area contributed by atoms with Crippen LogP contribution in [-0.2, 0) is 16.4 Å². The Balaban J connectivity index is 1.76. The Morgan fingerprint density at radius 2 is 1.42 bits per heavy atom. The fourth-order valence-electron chi connectivity index (χ4n) is 2.64. The van der Waals surface area contributed by atoms with Crippen molar-refractivity contribution < 1.29 is 8.42 Å². The molecule has 0 unspecified atom stereocenters. The highest BCUT2D eigenvalue weighted by Crippen LogP contribution is 2.21. The van der Waals surface area contributed by atoms with E-state index in [0.29, 0.717) is 5.69 Å². The van der Waals surface area contributed by atoms with E-state index in [-0.39, 0.29) is 0 Å². The summed E-state index contributed by atoms with van der Waals surface area (Å²) < 4.78 is 25.2. The van der Waals surface area contributed by atoms with Crippen LogP contribution in [0.1, 0.15) is 11.1 Å². The molecule has 0 saturated carbocycles. The van der Waals surface area contributed by atoms with Crippen LogP contribution in [0.25, 0.3) is 11.1 Å². The Morgan fingerprint density at radius 1 is 0.750 bits per heavy atom. The fraction of sp³-hybridized carbons (Fsp3) is 0.100. The number of benzene rings is 3. The first-order valence-electron chi connectivity index (χ1n) is 7.71. The zero-order valence-corrected chi connectivity index (χ0v) is 14.3. The smallest absolute Gasteiger partial charge is 0.229 e. The quantitative estimate of drug-likeness (QED) is 0.754. The van der Waals surface area contributed by atoms with Gasteiger partial charge in [0.25, 0.3) is 0 Å². The summed E-state index contributed by atoms with van der Waals surface area (Å²) in [4.78, 5) is 0. The highest BCUT2D eigenvalue weighted by atomic mass is 32.2. The molecular weight excluding hydrogens is 318 g/mol.